The van der Waals surface area contributed by atoms with Gasteiger partial charge in [-0.05, 0) is 19.1 Å². The van der Waals surface area contributed by atoms with E-state index in [4.69, 9.17) is 27.6 Å². The number of benzene rings is 1. The highest BCUT2D eigenvalue weighted by Crippen LogP contribution is 2.34. The summed E-state index contributed by atoms with van der Waals surface area (Å²) in [5, 5.41) is 14.0. The van der Waals surface area contributed by atoms with E-state index in [9.17, 15) is 10.1 Å². The van der Waals surface area contributed by atoms with Gasteiger partial charge in [0.05, 0.1) is 27.2 Å². The molecule has 7 heteroatoms. The number of hydrogen-bond acceptors (Lipinski definition) is 4. The molecule has 0 bridgehead atoms. The van der Waals surface area contributed by atoms with Gasteiger partial charge in [-0.3, -0.25) is 10.1 Å². The quantitative estimate of drug-likeness (QED) is 0.670. The standard InChI is InChI=1S/C12H10Cl2N2O3/c1-7-2-3-9(19-7)6-15-12-10(13)4-8(16(17)18)5-11(12)14/h2-5,15H,6H2,1H3. The zero-order valence-corrected chi connectivity index (χ0v) is 11.5. The van der Waals surface area contributed by atoms with Crippen molar-refractivity contribution in [1.29, 1.82) is 0 Å². The Hall–Kier alpha value is -1.72. The molecular weight excluding hydrogens is 291 g/mol. The van der Waals surface area contributed by atoms with Crippen LogP contribution in [-0.2, 0) is 6.54 Å². The number of halogens is 2. The lowest BCUT2D eigenvalue weighted by atomic mass is 10.2. The molecule has 5 nitrogen and oxygen atoms in total. The fraction of sp³-hybridized carbons (Fsp3) is 0.167. The summed E-state index contributed by atoms with van der Waals surface area (Å²) in [6, 6.07) is 6.18. The molecule has 1 aromatic heterocycles. The van der Waals surface area contributed by atoms with Crippen molar-refractivity contribution in [2.45, 2.75) is 13.5 Å². The second-order valence-corrected chi connectivity index (χ2v) is 4.72. The summed E-state index contributed by atoms with van der Waals surface area (Å²) in [6.45, 7) is 2.24. The Bertz CT molecular complexity index is 602. The number of nitro benzene ring substituents is 1. The van der Waals surface area contributed by atoms with Gasteiger partial charge in [0.15, 0.2) is 0 Å². The Morgan fingerprint density at radius 1 is 1.32 bits per heavy atom. The summed E-state index contributed by atoms with van der Waals surface area (Å²) in [6.07, 6.45) is 0. The van der Waals surface area contributed by atoms with Crippen LogP contribution in [0.3, 0.4) is 0 Å². The second kappa shape index (κ2) is 5.50. The predicted octanol–water partition coefficient (Wildman–Crippen LogP) is 4.42. The third-order valence-electron chi connectivity index (χ3n) is 2.47. The van der Waals surface area contributed by atoms with Crippen LogP contribution in [0.5, 0.6) is 0 Å². The van der Waals surface area contributed by atoms with Gasteiger partial charge in [0, 0.05) is 12.1 Å². The van der Waals surface area contributed by atoms with Gasteiger partial charge in [-0.25, -0.2) is 0 Å². The lowest BCUT2D eigenvalue weighted by molar-refractivity contribution is -0.384. The SMILES string of the molecule is Cc1ccc(CNc2c(Cl)cc([N+](=O)[O-])cc2Cl)o1. The molecule has 100 valence electrons. The van der Waals surface area contributed by atoms with Gasteiger partial charge in [-0.2, -0.15) is 0 Å². The molecule has 0 saturated heterocycles. The van der Waals surface area contributed by atoms with E-state index in [0.29, 0.717) is 12.2 Å². The van der Waals surface area contributed by atoms with Crippen LogP contribution in [0.4, 0.5) is 11.4 Å². The number of furan rings is 1. The second-order valence-electron chi connectivity index (χ2n) is 3.91. The molecule has 0 aliphatic carbocycles. The van der Waals surface area contributed by atoms with Gasteiger partial charge in [0.25, 0.3) is 5.69 Å². The van der Waals surface area contributed by atoms with Gasteiger partial charge < -0.3 is 9.73 Å². The molecule has 2 aromatic rings. The van der Waals surface area contributed by atoms with Gasteiger partial charge in [-0.15, -0.1) is 0 Å². The first-order valence-corrected chi connectivity index (χ1v) is 6.15. The van der Waals surface area contributed by atoms with Crippen LogP contribution in [0.2, 0.25) is 10.0 Å². The maximum absolute atomic E-state index is 10.7. The summed E-state index contributed by atoms with van der Waals surface area (Å²) >= 11 is 11.9. The van der Waals surface area contributed by atoms with E-state index in [0.717, 1.165) is 11.5 Å². The topological polar surface area (TPSA) is 68.3 Å². The summed E-state index contributed by atoms with van der Waals surface area (Å²) in [4.78, 5) is 10.1. The fourth-order valence-electron chi connectivity index (χ4n) is 1.59. The van der Waals surface area contributed by atoms with Gasteiger partial charge in [-0.1, -0.05) is 23.2 Å². The molecule has 0 atom stereocenters. The van der Waals surface area contributed by atoms with Crippen LogP contribution < -0.4 is 5.32 Å². The van der Waals surface area contributed by atoms with E-state index in [1.165, 1.54) is 12.1 Å². The van der Waals surface area contributed by atoms with Crippen LogP contribution in [0.15, 0.2) is 28.7 Å². The lowest BCUT2D eigenvalue weighted by Gasteiger charge is -2.09. The minimum atomic E-state index is -0.544. The molecule has 0 unspecified atom stereocenters. The highest BCUT2D eigenvalue weighted by Gasteiger charge is 2.14. The maximum Gasteiger partial charge on any atom is 0.272 e. The normalized spacial score (nSPS) is 10.5. The van der Waals surface area contributed by atoms with Crippen LogP contribution in [0.25, 0.3) is 0 Å². The summed E-state index contributed by atoms with van der Waals surface area (Å²) in [5.41, 5.74) is 0.303. The zero-order chi connectivity index (χ0) is 14.0. The molecule has 0 aliphatic heterocycles. The van der Waals surface area contributed by atoms with Crippen LogP contribution in [-0.4, -0.2) is 4.92 Å². The van der Waals surface area contributed by atoms with E-state index in [2.05, 4.69) is 5.32 Å². The van der Waals surface area contributed by atoms with Gasteiger partial charge in [0.1, 0.15) is 11.5 Å². The number of nitrogens with zero attached hydrogens (tertiary/aromatic N) is 1. The lowest BCUT2D eigenvalue weighted by Crippen LogP contribution is -2.00. The summed E-state index contributed by atoms with van der Waals surface area (Å²) in [7, 11) is 0. The molecule has 1 heterocycles. The fourth-order valence-corrected chi connectivity index (χ4v) is 2.20. The van der Waals surface area contributed by atoms with E-state index >= 15 is 0 Å². The number of hydrogen-bond donors (Lipinski definition) is 1. The van der Waals surface area contributed by atoms with E-state index in [-0.39, 0.29) is 15.7 Å². The zero-order valence-electron chi connectivity index (χ0n) is 9.94. The molecule has 0 amide bonds. The van der Waals surface area contributed by atoms with Crippen LogP contribution in [0, 0.1) is 17.0 Å². The smallest absolute Gasteiger partial charge is 0.272 e. The van der Waals surface area contributed by atoms with E-state index in [1.54, 1.807) is 0 Å². The summed E-state index contributed by atoms with van der Waals surface area (Å²) < 4.78 is 5.39. The average Bonchev–Trinajstić information content (AvgIpc) is 2.73. The molecular formula is C12H10Cl2N2O3. The van der Waals surface area contributed by atoms with Gasteiger partial charge >= 0.3 is 0 Å². The monoisotopic (exact) mass is 300 g/mol. The molecule has 0 radical (unpaired) electrons. The Balaban J connectivity index is 2.18. The molecule has 0 saturated carbocycles. The largest absolute Gasteiger partial charge is 0.465 e. The molecule has 0 spiro atoms. The third kappa shape index (κ3) is 3.19. The van der Waals surface area contributed by atoms with Crippen molar-refractivity contribution in [1.82, 2.24) is 0 Å². The average molecular weight is 301 g/mol. The number of aryl methyl sites for hydroxylation is 1. The first kappa shape index (κ1) is 13.7. The van der Waals surface area contributed by atoms with Crippen LogP contribution >= 0.6 is 23.2 Å². The van der Waals surface area contributed by atoms with Crippen molar-refractivity contribution in [3.63, 3.8) is 0 Å². The Morgan fingerprint density at radius 2 is 1.95 bits per heavy atom. The maximum atomic E-state index is 10.7. The van der Waals surface area contributed by atoms with Crippen molar-refractivity contribution >= 4 is 34.6 Å². The third-order valence-corrected chi connectivity index (χ3v) is 3.07. The molecule has 0 aliphatic rings. The summed E-state index contributed by atoms with van der Waals surface area (Å²) in [5.74, 6) is 1.53. The first-order chi connectivity index (χ1) is 8.97. The predicted molar refractivity (Wildman–Crippen MR) is 73.9 cm³/mol. The molecule has 2 rings (SSSR count). The number of nitrogens with one attached hydrogen (secondary N) is 1. The number of rotatable bonds is 4. The highest BCUT2D eigenvalue weighted by molar-refractivity contribution is 6.39. The highest BCUT2D eigenvalue weighted by atomic mass is 35.5. The van der Waals surface area contributed by atoms with Crippen LogP contribution in [0.1, 0.15) is 11.5 Å². The number of non-ortho nitro benzene ring substituents is 1. The first-order valence-electron chi connectivity index (χ1n) is 5.40. The van der Waals surface area contributed by atoms with Crippen molar-refractivity contribution in [3.05, 3.63) is 55.9 Å². The Morgan fingerprint density at radius 3 is 2.42 bits per heavy atom. The molecule has 1 aromatic carbocycles. The number of anilines is 1. The van der Waals surface area contributed by atoms with E-state index < -0.39 is 4.92 Å². The molecule has 0 fully saturated rings. The van der Waals surface area contributed by atoms with Crippen molar-refractivity contribution in [2.24, 2.45) is 0 Å². The van der Waals surface area contributed by atoms with Crippen molar-refractivity contribution < 1.29 is 9.34 Å². The minimum absolute atomic E-state index is 0.144. The minimum Gasteiger partial charge on any atom is -0.465 e. The Kier molecular flexibility index (Phi) is 3.97. The molecule has 19 heavy (non-hydrogen) atoms. The molecule has 1 N–H and O–H groups in total. The number of nitro groups is 1. The van der Waals surface area contributed by atoms with Crippen molar-refractivity contribution in [2.75, 3.05) is 5.32 Å². The van der Waals surface area contributed by atoms with E-state index in [1.807, 2.05) is 19.1 Å². The van der Waals surface area contributed by atoms with Crippen molar-refractivity contribution in [3.8, 4) is 0 Å². The Labute approximate surface area is 119 Å². The van der Waals surface area contributed by atoms with Gasteiger partial charge in [0.2, 0.25) is 0 Å².